The second kappa shape index (κ2) is 6.08. The fourth-order valence-electron chi connectivity index (χ4n) is 0.999. The van der Waals surface area contributed by atoms with Crippen molar-refractivity contribution in [2.75, 3.05) is 24.2 Å². The summed E-state index contributed by atoms with van der Waals surface area (Å²) in [4.78, 5) is 0. The number of nitrogen functional groups attached to an aromatic ring is 1. The molecule has 0 aliphatic rings. The number of nitrogens with one attached hydrogen (secondary N) is 1. The van der Waals surface area contributed by atoms with Gasteiger partial charge in [-0.1, -0.05) is 0 Å². The first-order valence-electron chi connectivity index (χ1n) is 3.92. The Labute approximate surface area is 88.8 Å². The van der Waals surface area contributed by atoms with E-state index in [2.05, 4.69) is 5.32 Å². The van der Waals surface area contributed by atoms with Gasteiger partial charge in [-0.25, -0.2) is 0 Å². The number of aliphatic hydroxyl groups is 1. The number of benzene rings is 1. The van der Waals surface area contributed by atoms with Gasteiger partial charge in [0.05, 0.1) is 17.9 Å². The number of halogens is 1. The molecule has 0 heterocycles. The molecule has 5 heteroatoms. The number of anilines is 2. The molecule has 0 bridgehead atoms. The lowest BCUT2D eigenvalue weighted by molar-refractivity contribution is 0.311. The van der Waals surface area contributed by atoms with E-state index in [1.807, 2.05) is 6.07 Å². The predicted molar refractivity (Wildman–Crippen MR) is 58.4 cm³/mol. The molecule has 4 N–H and O–H groups in total. The first-order chi connectivity index (χ1) is 6.27. The third-order valence-corrected chi connectivity index (χ3v) is 1.59. The molecule has 0 saturated heterocycles. The monoisotopic (exact) mass is 213 g/mol. The fourth-order valence-corrected chi connectivity index (χ4v) is 0.999. The zero-order chi connectivity index (χ0) is 9.68. The van der Waals surface area contributed by atoms with Gasteiger partial charge in [-0.15, -0.1) is 12.4 Å². The van der Waals surface area contributed by atoms with Gasteiger partial charge < -0.3 is 16.2 Å². The van der Waals surface area contributed by atoms with Crippen molar-refractivity contribution in [1.82, 2.24) is 0 Å². The molecule has 0 unspecified atom stereocenters. The van der Waals surface area contributed by atoms with Crippen LogP contribution in [0.1, 0.15) is 5.56 Å². The minimum Gasteiger partial charge on any atom is -0.399 e. The first-order valence-corrected chi connectivity index (χ1v) is 3.92. The maximum Gasteiger partial charge on any atom is 0.101 e. The van der Waals surface area contributed by atoms with Crippen molar-refractivity contribution in [3.05, 3.63) is 23.8 Å². The Kier molecular flexibility index (Phi) is 5.46. The highest BCUT2D eigenvalue weighted by Crippen LogP contribution is 2.17. The van der Waals surface area contributed by atoms with Crippen molar-refractivity contribution in [3.63, 3.8) is 0 Å². The molecule has 0 spiro atoms. The Hall–Kier alpha value is -1.44. The van der Waals surface area contributed by atoms with Crippen molar-refractivity contribution in [2.45, 2.75) is 0 Å². The molecule has 0 amide bonds. The maximum atomic E-state index is 8.73. The van der Waals surface area contributed by atoms with Gasteiger partial charge in [0, 0.05) is 12.2 Å². The zero-order valence-corrected chi connectivity index (χ0v) is 8.34. The molecule has 76 valence electrons. The largest absolute Gasteiger partial charge is 0.399 e. The van der Waals surface area contributed by atoms with E-state index in [1.54, 1.807) is 18.2 Å². The second-order valence-electron chi connectivity index (χ2n) is 2.57. The van der Waals surface area contributed by atoms with Crippen molar-refractivity contribution in [2.24, 2.45) is 0 Å². The summed E-state index contributed by atoms with van der Waals surface area (Å²) in [6, 6.07) is 7.05. The third kappa shape index (κ3) is 3.13. The summed E-state index contributed by atoms with van der Waals surface area (Å²) in [6.07, 6.45) is 0. The minimum absolute atomic E-state index is 0. The van der Waals surface area contributed by atoms with Crippen LogP contribution in [0.5, 0.6) is 0 Å². The summed E-state index contributed by atoms with van der Waals surface area (Å²) < 4.78 is 0. The molecule has 1 aromatic carbocycles. The van der Waals surface area contributed by atoms with Crippen molar-refractivity contribution in [1.29, 1.82) is 5.26 Å². The number of nitrogens with zero attached hydrogens (tertiary/aromatic N) is 1. The lowest BCUT2D eigenvalue weighted by atomic mass is 10.2. The van der Waals surface area contributed by atoms with E-state index < -0.39 is 0 Å². The number of aliphatic hydroxyl groups excluding tert-OH is 1. The Bertz CT molecular complexity index is 335. The molecule has 1 aromatic rings. The maximum absolute atomic E-state index is 8.73. The highest BCUT2D eigenvalue weighted by molar-refractivity contribution is 5.85. The van der Waals surface area contributed by atoms with Crippen molar-refractivity contribution in [3.8, 4) is 6.07 Å². The van der Waals surface area contributed by atoms with Gasteiger partial charge in [-0.3, -0.25) is 0 Å². The SMILES string of the molecule is Cl.N#Cc1cc(N)ccc1NCCO. The third-order valence-electron chi connectivity index (χ3n) is 1.59. The van der Waals surface area contributed by atoms with E-state index in [0.29, 0.717) is 23.5 Å². The molecule has 0 atom stereocenters. The summed E-state index contributed by atoms with van der Waals surface area (Å²) in [5.74, 6) is 0. The average Bonchev–Trinajstić information content (AvgIpc) is 2.16. The van der Waals surface area contributed by atoms with Crippen LogP contribution < -0.4 is 11.1 Å². The van der Waals surface area contributed by atoms with E-state index in [0.717, 1.165) is 0 Å². The number of rotatable bonds is 3. The molecule has 0 radical (unpaired) electrons. The van der Waals surface area contributed by atoms with Crippen LogP contribution in [0.2, 0.25) is 0 Å². The molecular formula is C9H12ClN3O. The number of hydrogen-bond acceptors (Lipinski definition) is 4. The topological polar surface area (TPSA) is 82.1 Å². The van der Waals surface area contributed by atoms with Crippen LogP contribution in [0.3, 0.4) is 0 Å². The van der Waals surface area contributed by atoms with Gasteiger partial charge in [-0.2, -0.15) is 5.26 Å². The van der Waals surface area contributed by atoms with Crippen LogP contribution in [0.4, 0.5) is 11.4 Å². The number of nitriles is 1. The summed E-state index contributed by atoms with van der Waals surface area (Å²) in [5.41, 5.74) is 7.26. The van der Waals surface area contributed by atoms with E-state index in [9.17, 15) is 0 Å². The van der Waals surface area contributed by atoms with E-state index >= 15 is 0 Å². The van der Waals surface area contributed by atoms with Crippen LogP contribution in [0, 0.1) is 11.3 Å². The number of nitrogens with two attached hydrogens (primary N) is 1. The Morgan fingerprint density at radius 1 is 1.50 bits per heavy atom. The molecule has 0 fully saturated rings. The molecule has 0 aromatic heterocycles. The second-order valence-corrected chi connectivity index (χ2v) is 2.57. The first kappa shape index (κ1) is 12.6. The average molecular weight is 214 g/mol. The smallest absolute Gasteiger partial charge is 0.101 e. The molecule has 0 saturated carbocycles. The van der Waals surface area contributed by atoms with Crippen LogP contribution in [-0.2, 0) is 0 Å². The molecule has 0 aliphatic carbocycles. The van der Waals surface area contributed by atoms with Gasteiger partial charge in [0.25, 0.3) is 0 Å². The molecule has 1 rings (SSSR count). The summed E-state index contributed by atoms with van der Waals surface area (Å²) in [7, 11) is 0. The zero-order valence-electron chi connectivity index (χ0n) is 7.53. The van der Waals surface area contributed by atoms with Crippen molar-refractivity contribution >= 4 is 23.8 Å². The highest BCUT2D eigenvalue weighted by Gasteiger charge is 2.00. The molecule has 14 heavy (non-hydrogen) atoms. The summed E-state index contributed by atoms with van der Waals surface area (Å²) in [5, 5.41) is 20.2. The van der Waals surface area contributed by atoms with Crippen molar-refractivity contribution < 1.29 is 5.11 Å². The molecule has 4 nitrogen and oxygen atoms in total. The lowest BCUT2D eigenvalue weighted by Gasteiger charge is -2.06. The van der Waals surface area contributed by atoms with Gasteiger partial charge in [0.15, 0.2) is 0 Å². The van der Waals surface area contributed by atoms with Crippen LogP contribution >= 0.6 is 12.4 Å². The number of hydrogen-bond donors (Lipinski definition) is 3. The quantitative estimate of drug-likeness (QED) is 0.654. The lowest BCUT2D eigenvalue weighted by Crippen LogP contribution is -2.06. The van der Waals surface area contributed by atoms with Gasteiger partial charge in [0.2, 0.25) is 0 Å². The van der Waals surface area contributed by atoms with Gasteiger partial charge >= 0.3 is 0 Å². The van der Waals surface area contributed by atoms with E-state index in [4.69, 9.17) is 16.1 Å². The Balaban J connectivity index is 0.00000169. The molecular weight excluding hydrogens is 202 g/mol. The molecule has 0 aliphatic heterocycles. The minimum atomic E-state index is 0. The van der Waals surface area contributed by atoms with E-state index in [-0.39, 0.29) is 19.0 Å². The standard InChI is InChI=1S/C9H11N3O.ClH/c10-6-7-5-8(11)1-2-9(7)12-3-4-13;/h1-2,5,12-13H,3-4,11H2;1H. The van der Waals surface area contributed by atoms with Gasteiger partial charge in [0.1, 0.15) is 6.07 Å². The normalized spacial score (nSPS) is 8.57. The predicted octanol–water partition coefficient (Wildman–Crippen LogP) is 0.966. The Morgan fingerprint density at radius 2 is 2.21 bits per heavy atom. The van der Waals surface area contributed by atoms with Crippen LogP contribution in [0.15, 0.2) is 18.2 Å². The Morgan fingerprint density at radius 3 is 2.79 bits per heavy atom. The fraction of sp³-hybridized carbons (Fsp3) is 0.222. The van der Waals surface area contributed by atoms with Gasteiger partial charge in [-0.05, 0) is 18.2 Å². The van der Waals surface area contributed by atoms with Crippen LogP contribution in [0.25, 0.3) is 0 Å². The van der Waals surface area contributed by atoms with E-state index in [1.165, 1.54) is 0 Å². The summed E-state index contributed by atoms with van der Waals surface area (Å²) >= 11 is 0. The highest BCUT2D eigenvalue weighted by atomic mass is 35.5. The van der Waals surface area contributed by atoms with Crippen LogP contribution in [-0.4, -0.2) is 18.3 Å². The summed E-state index contributed by atoms with van der Waals surface area (Å²) in [6.45, 7) is 0.466.